The number of benzene rings is 1. The zero-order valence-corrected chi connectivity index (χ0v) is 20.5. The lowest BCUT2D eigenvalue weighted by Gasteiger charge is -2.20. The highest BCUT2D eigenvalue weighted by Gasteiger charge is 2.38. The van der Waals surface area contributed by atoms with Crippen LogP contribution in [0.2, 0.25) is 35.7 Å². The lowest BCUT2D eigenvalue weighted by Crippen LogP contribution is -2.24. The molecule has 31 heavy (non-hydrogen) atoms. The van der Waals surface area contributed by atoms with Crippen molar-refractivity contribution in [1.29, 1.82) is 0 Å². The number of ether oxygens (including phenoxy) is 3. The lowest BCUT2D eigenvalue weighted by atomic mass is 9.97. The van der Waals surface area contributed by atoms with E-state index in [4.69, 9.17) is 37.4 Å². The molecular formula is C21H27Cl2N3O4Si. The summed E-state index contributed by atoms with van der Waals surface area (Å²) in [6, 6.07) is 4.56. The first kappa shape index (κ1) is 22.5. The van der Waals surface area contributed by atoms with Crippen molar-refractivity contribution in [3.63, 3.8) is 0 Å². The molecule has 1 saturated heterocycles. The summed E-state index contributed by atoms with van der Waals surface area (Å²) in [6.45, 7) is 9.41. The number of carbonyl (C=O) groups excluding carboxylic acids is 1. The average molecular weight is 484 g/mol. The van der Waals surface area contributed by atoms with Crippen LogP contribution in [0.3, 0.4) is 0 Å². The van der Waals surface area contributed by atoms with Crippen LogP contribution < -0.4 is 14.4 Å². The van der Waals surface area contributed by atoms with Gasteiger partial charge in [-0.15, -0.1) is 0 Å². The van der Waals surface area contributed by atoms with Gasteiger partial charge in [0.1, 0.15) is 18.0 Å². The summed E-state index contributed by atoms with van der Waals surface area (Å²) >= 11 is 12.9. The van der Waals surface area contributed by atoms with Gasteiger partial charge in [-0.1, -0.05) is 42.8 Å². The highest BCUT2D eigenvalue weighted by atomic mass is 35.5. The summed E-state index contributed by atoms with van der Waals surface area (Å²) in [7, 11) is -1.16. The highest BCUT2D eigenvalue weighted by molar-refractivity contribution is 6.76. The number of amides is 1. The molecule has 1 aromatic heterocycles. The number of fused-ring (bicyclic) bond motifs is 1. The first-order valence-electron chi connectivity index (χ1n) is 10.4. The van der Waals surface area contributed by atoms with Gasteiger partial charge in [-0.25, -0.2) is 4.68 Å². The minimum Gasteiger partial charge on any atom is -0.474 e. The second-order valence-corrected chi connectivity index (χ2v) is 15.5. The Kier molecular flexibility index (Phi) is 6.53. The average Bonchev–Trinajstić information content (AvgIpc) is 3.39. The number of rotatable bonds is 8. The first-order chi connectivity index (χ1) is 14.7. The van der Waals surface area contributed by atoms with E-state index in [0.29, 0.717) is 60.1 Å². The van der Waals surface area contributed by atoms with Gasteiger partial charge in [-0.3, -0.25) is 4.79 Å². The van der Waals surface area contributed by atoms with E-state index in [9.17, 15) is 4.79 Å². The fourth-order valence-corrected chi connectivity index (χ4v) is 5.05. The minimum atomic E-state index is -1.16. The third kappa shape index (κ3) is 4.87. The van der Waals surface area contributed by atoms with Crippen LogP contribution in [0.25, 0.3) is 0 Å². The number of aromatic nitrogens is 2. The second-order valence-electron chi connectivity index (χ2n) is 9.07. The molecule has 1 aromatic carbocycles. The predicted octanol–water partition coefficient (Wildman–Crippen LogP) is 4.79. The van der Waals surface area contributed by atoms with Crippen LogP contribution in [0.4, 0.5) is 5.69 Å². The predicted molar refractivity (Wildman–Crippen MR) is 123 cm³/mol. The quantitative estimate of drug-likeness (QED) is 0.306. The molecule has 0 aliphatic carbocycles. The molecule has 1 fully saturated rings. The van der Waals surface area contributed by atoms with Crippen molar-refractivity contribution in [3.05, 3.63) is 33.9 Å². The van der Waals surface area contributed by atoms with Crippen LogP contribution in [-0.2, 0) is 16.1 Å². The number of carbonyl (C=O) groups is 1. The largest absolute Gasteiger partial charge is 0.474 e. The van der Waals surface area contributed by atoms with E-state index in [2.05, 4.69) is 24.7 Å². The van der Waals surface area contributed by atoms with Gasteiger partial charge in [0.15, 0.2) is 6.79 Å². The van der Waals surface area contributed by atoms with Gasteiger partial charge in [-0.05, 0) is 18.2 Å². The number of anilines is 1. The van der Waals surface area contributed by atoms with Crippen LogP contribution in [-0.4, -0.2) is 50.3 Å². The molecule has 168 valence electrons. The SMILES string of the molecule is C[Si](C)(C)CCOCOc1ccc(Cl)c(Cl)c1[C@H]1CC(=O)N(c2cnn3c2OCC3)C1. The van der Waals surface area contributed by atoms with Crippen molar-refractivity contribution in [2.75, 3.05) is 31.5 Å². The monoisotopic (exact) mass is 483 g/mol. The van der Waals surface area contributed by atoms with Gasteiger partial charge in [0.2, 0.25) is 11.8 Å². The molecule has 2 aliphatic rings. The number of hydrogen-bond acceptors (Lipinski definition) is 5. The molecule has 7 nitrogen and oxygen atoms in total. The van der Waals surface area contributed by atoms with Gasteiger partial charge >= 0.3 is 0 Å². The summed E-state index contributed by atoms with van der Waals surface area (Å²) in [4.78, 5) is 14.6. The maximum absolute atomic E-state index is 12.9. The third-order valence-corrected chi connectivity index (χ3v) is 8.05. The van der Waals surface area contributed by atoms with E-state index in [1.807, 2.05) is 0 Å². The summed E-state index contributed by atoms with van der Waals surface area (Å²) in [6.07, 6.45) is 1.98. The number of halogens is 2. The van der Waals surface area contributed by atoms with E-state index in [1.165, 1.54) is 0 Å². The molecule has 4 rings (SSSR count). The van der Waals surface area contributed by atoms with E-state index in [0.717, 1.165) is 11.6 Å². The van der Waals surface area contributed by atoms with Gasteiger partial charge in [0.05, 0.1) is 22.8 Å². The summed E-state index contributed by atoms with van der Waals surface area (Å²) in [5, 5.41) is 5.16. The van der Waals surface area contributed by atoms with Crippen LogP contribution in [0, 0.1) is 0 Å². The standard InChI is InChI=1S/C21H27Cl2N3O4Si/c1-31(2,3)9-8-28-13-30-17-5-4-15(22)20(23)19(17)14-10-18(27)25(12-14)16-11-24-26-6-7-29-21(16)26/h4-5,11,14H,6-10,12-13H2,1-3H3/t14-/m0/s1. The van der Waals surface area contributed by atoms with E-state index >= 15 is 0 Å². The Bertz CT molecular complexity index is 976. The van der Waals surface area contributed by atoms with Crippen LogP contribution in [0.5, 0.6) is 11.6 Å². The zero-order valence-electron chi connectivity index (χ0n) is 18.0. The Hall–Kier alpha value is -1.74. The Morgan fingerprint density at radius 2 is 2.10 bits per heavy atom. The molecule has 2 aromatic rings. The van der Waals surface area contributed by atoms with E-state index < -0.39 is 8.07 Å². The van der Waals surface area contributed by atoms with E-state index in [-0.39, 0.29) is 18.6 Å². The van der Waals surface area contributed by atoms with E-state index in [1.54, 1.807) is 27.9 Å². The van der Waals surface area contributed by atoms with Crippen LogP contribution in [0.15, 0.2) is 18.3 Å². The molecule has 10 heteroatoms. The zero-order chi connectivity index (χ0) is 22.2. The maximum Gasteiger partial charge on any atom is 0.236 e. The van der Waals surface area contributed by atoms with Gasteiger partial charge in [-0.2, -0.15) is 5.10 Å². The molecule has 1 atom stereocenters. The molecule has 0 unspecified atom stereocenters. The van der Waals surface area contributed by atoms with Gasteiger partial charge in [0.25, 0.3) is 0 Å². The van der Waals surface area contributed by atoms with Crippen molar-refractivity contribution in [2.24, 2.45) is 0 Å². The third-order valence-electron chi connectivity index (χ3n) is 5.53. The molecular weight excluding hydrogens is 457 g/mol. The molecule has 0 saturated carbocycles. The Balaban J connectivity index is 1.49. The lowest BCUT2D eigenvalue weighted by molar-refractivity contribution is -0.117. The van der Waals surface area contributed by atoms with Crippen molar-refractivity contribution in [3.8, 4) is 11.6 Å². The number of hydrogen-bond donors (Lipinski definition) is 0. The van der Waals surface area contributed by atoms with Crippen molar-refractivity contribution < 1.29 is 19.0 Å². The molecule has 0 bridgehead atoms. The molecule has 1 amide bonds. The Morgan fingerprint density at radius 3 is 2.87 bits per heavy atom. The summed E-state index contributed by atoms with van der Waals surface area (Å²) < 4.78 is 19.0. The molecule has 3 heterocycles. The first-order valence-corrected chi connectivity index (χ1v) is 14.9. The summed E-state index contributed by atoms with van der Waals surface area (Å²) in [5.41, 5.74) is 1.43. The van der Waals surface area contributed by atoms with Gasteiger partial charge in [0, 0.05) is 39.1 Å². The van der Waals surface area contributed by atoms with Gasteiger partial charge < -0.3 is 19.1 Å². The fourth-order valence-electron chi connectivity index (χ4n) is 3.82. The molecule has 0 N–H and O–H groups in total. The highest BCUT2D eigenvalue weighted by Crippen LogP contribution is 2.44. The molecule has 2 aliphatic heterocycles. The normalized spacial score (nSPS) is 18.4. The van der Waals surface area contributed by atoms with Crippen molar-refractivity contribution >= 4 is 42.9 Å². The topological polar surface area (TPSA) is 65.8 Å². The van der Waals surface area contributed by atoms with Crippen LogP contribution >= 0.6 is 23.2 Å². The number of nitrogens with zero attached hydrogens (tertiary/aromatic N) is 3. The Morgan fingerprint density at radius 1 is 1.29 bits per heavy atom. The second kappa shape index (κ2) is 9.01. The summed E-state index contributed by atoms with van der Waals surface area (Å²) in [5.74, 6) is 1.06. The minimum absolute atomic E-state index is 0.00956. The fraction of sp³-hybridized carbons (Fsp3) is 0.524. The molecule has 0 radical (unpaired) electrons. The van der Waals surface area contributed by atoms with Crippen molar-refractivity contribution in [2.45, 2.75) is 44.6 Å². The Labute approximate surface area is 193 Å². The van der Waals surface area contributed by atoms with Crippen molar-refractivity contribution in [1.82, 2.24) is 9.78 Å². The smallest absolute Gasteiger partial charge is 0.236 e. The van der Waals surface area contributed by atoms with Crippen LogP contribution in [0.1, 0.15) is 17.9 Å². The molecule has 0 spiro atoms. The maximum atomic E-state index is 12.9.